The second-order valence-electron chi connectivity index (χ2n) is 17.8. The van der Waals surface area contributed by atoms with Gasteiger partial charge in [0.05, 0.1) is 21.6 Å². The molecule has 0 aliphatic carbocycles. The second-order valence-corrected chi connectivity index (χ2v) is 28.9. The van der Waals surface area contributed by atoms with Crippen LogP contribution < -0.4 is 64.0 Å². The van der Waals surface area contributed by atoms with Crippen LogP contribution in [0.4, 0.5) is 0 Å². The summed E-state index contributed by atoms with van der Waals surface area (Å²) in [5.41, 5.74) is 3.54. The largest absolute Gasteiger partial charge is 0.347 e. The molecule has 3 aromatic heterocycles. The van der Waals surface area contributed by atoms with E-state index in [1.54, 1.807) is 0 Å². The smallest absolute Gasteiger partial charge is 0.0967 e. The summed E-state index contributed by atoms with van der Waals surface area (Å²) < 4.78 is 6.07. The number of alkyl halides is 2. The first kappa shape index (κ1) is 81.0. The molecule has 462 valence electrons. The zero-order chi connectivity index (χ0) is 59.4. The van der Waals surface area contributed by atoms with E-state index in [4.69, 9.17) is 58.6 Å². The van der Waals surface area contributed by atoms with Crippen LogP contribution in [0, 0.1) is 0 Å². The monoisotopic (exact) mass is 1720 g/mol. The van der Waals surface area contributed by atoms with Crippen LogP contribution in [-0.4, -0.2) is 19.0 Å². The molecule has 18 heteroatoms. The Hall–Kier alpha value is -3.10. The number of rotatable bonds is 12. The van der Waals surface area contributed by atoms with Crippen LogP contribution >= 0.6 is 69.0 Å². The summed E-state index contributed by atoms with van der Waals surface area (Å²) >= 11 is 24.0. The van der Waals surface area contributed by atoms with Gasteiger partial charge in [-0.25, -0.2) is 0 Å². The maximum atomic E-state index is 4.81. The third kappa shape index (κ3) is 28.0. The molecule has 0 spiro atoms. The first-order chi connectivity index (χ1) is 41.3. The van der Waals surface area contributed by atoms with E-state index in [0.717, 1.165) is 22.1 Å². The van der Waals surface area contributed by atoms with Crippen LogP contribution in [0.3, 0.4) is 0 Å². The Kier molecular flexibility index (Phi) is 44.7. The van der Waals surface area contributed by atoms with Gasteiger partial charge in [0, 0.05) is 143 Å². The fourth-order valence-corrected chi connectivity index (χ4v) is 17.8. The van der Waals surface area contributed by atoms with Crippen LogP contribution in [0.5, 0.6) is 0 Å². The maximum absolute atomic E-state index is 4.81. The number of nitrogens with zero attached hydrogens (tertiary/aromatic N) is 3. The van der Waals surface area contributed by atoms with E-state index in [0.29, 0.717) is 0 Å². The minimum absolute atomic E-state index is 0. The van der Waals surface area contributed by atoms with Gasteiger partial charge >= 0.3 is 0 Å². The molecule has 0 saturated carbocycles. The summed E-state index contributed by atoms with van der Waals surface area (Å²) in [4.78, 5) is 0. The molecule has 0 fully saturated rings. The van der Waals surface area contributed by atoms with Crippen LogP contribution in [0.25, 0.3) is 0 Å². The normalized spacial score (nSPS) is 9.82. The summed E-state index contributed by atoms with van der Waals surface area (Å²) in [6.45, 7) is 0. The summed E-state index contributed by atoms with van der Waals surface area (Å²) in [5.74, 6) is 0. The number of halogens is 2. The average Bonchev–Trinajstić information content (AvgIpc) is 2.46. The van der Waals surface area contributed by atoms with Crippen LogP contribution in [0.2, 0.25) is 0 Å². The molecular formula is C70H65Cl2N3P6Pd4S3. The van der Waals surface area contributed by atoms with Gasteiger partial charge in [0.1, 0.15) is 0 Å². The van der Waals surface area contributed by atoms with Crippen molar-refractivity contribution in [2.45, 2.75) is 0 Å². The molecule has 0 aliphatic rings. The van der Waals surface area contributed by atoms with E-state index in [1.807, 2.05) is 89.8 Å². The van der Waals surface area contributed by atoms with Crippen molar-refractivity contribution in [3.05, 3.63) is 328 Å². The van der Waals surface area contributed by atoms with E-state index < -0.39 is 23.8 Å². The molecular weight excluding hydrogens is 1660 g/mol. The minimum atomic E-state index is -0.446. The molecule has 0 aliphatic heterocycles. The van der Waals surface area contributed by atoms with Gasteiger partial charge < -0.3 is 13.7 Å². The Morgan fingerprint density at radius 1 is 0.250 bits per heavy atom. The Morgan fingerprint density at radius 3 is 0.455 bits per heavy atom. The van der Waals surface area contributed by atoms with Crippen molar-refractivity contribution in [3.8, 4) is 0 Å². The van der Waals surface area contributed by atoms with Gasteiger partial charge in [0.25, 0.3) is 0 Å². The van der Waals surface area contributed by atoms with Crippen molar-refractivity contribution in [1.29, 1.82) is 0 Å². The molecule has 12 aromatic rings. The molecule has 3 nitrogen and oxygen atoms in total. The number of aryl methyl sites for hydroxylation is 3. The summed E-state index contributed by atoms with van der Waals surface area (Å²) in [6.07, 6.45) is 5.98. The molecule has 0 radical (unpaired) electrons. The molecule has 0 bridgehead atoms. The summed E-state index contributed by atoms with van der Waals surface area (Å²) in [5, 5.41) is 12.8. The second kappa shape index (κ2) is 48.6. The van der Waals surface area contributed by atoms with Gasteiger partial charge in [-0.15, -0.1) is 23.2 Å². The van der Waals surface area contributed by atoms with Crippen molar-refractivity contribution < 1.29 is 81.7 Å². The van der Waals surface area contributed by atoms with Gasteiger partial charge in [-0.2, -0.15) is 0 Å². The first-order valence-corrected chi connectivity index (χ1v) is 37.4. The van der Waals surface area contributed by atoms with Crippen LogP contribution in [0.1, 0.15) is 0 Å². The standard InChI is InChI=1S/3C18H15P.3C5H6NPS.CH2Cl2.4Pd/c3*1-4-10-16(11-5-1)19(17-12-6-2-7-13-17)18-14-8-3-9-15-18;3*1-6-4-2-3-5(6)7-8;2-1-3;;;;/h3*1-15H;3*2-4H,1H3;1H2;;;;. The van der Waals surface area contributed by atoms with Crippen LogP contribution in [-0.2, 0) is 138 Å². The van der Waals surface area contributed by atoms with E-state index in [-0.39, 0.29) is 87.0 Å². The van der Waals surface area contributed by atoms with Gasteiger partial charge in [-0.3, -0.25) is 0 Å². The predicted octanol–water partition coefficient (Wildman–Crippen LogP) is 14.9. The van der Waals surface area contributed by atoms with Crippen molar-refractivity contribution in [3.63, 3.8) is 0 Å². The average molecular weight is 1730 g/mol. The Labute approximate surface area is 611 Å². The fraction of sp³-hybridized carbons (Fsp3) is 0.0571. The molecule has 0 saturated heterocycles. The van der Waals surface area contributed by atoms with E-state index >= 15 is 0 Å². The Bertz CT molecular complexity index is 3020. The van der Waals surface area contributed by atoms with Gasteiger partial charge in [0.2, 0.25) is 0 Å². The quantitative estimate of drug-likeness (QED) is 0.0688. The number of hydrogen-bond acceptors (Lipinski definition) is 3. The van der Waals surface area contributed by atoms with E-state index in [1.165, 1.54) is 64.0 Å². The molecule has 0 atom stereocenters. The Morgan fingerprint density at radius 2 is 0.375 bits per heavy atom. The third-order valence-electron chi connectivity index (χ3n) is 12.2. The molecule has 9 aromatic carbocycles. The zero-order valence-corrected chi connectivity index (χ0v) is 63.7. The van der Waals surface area contributed by atoms with Crippen molar-refractivity contribution in [1.82, 2.24) is 13.7 Å². The Balaban J connectivity index is 0.000000367. The maximum Gasteiger partial charge on any atom is 0.0967 e. The molecule has 0 N–H and O–H groups in total. The van der Waals surface area contributed by atoms with Crippen molar-refractivity contribution in [2.24, 2.45) is 21.1 Å². The van der Waals surface area contributed by atoms with E-state index in [9.17, 15) is 0 Å². The zero-order valence-electron chi connectivity index (χ0n) is 48.2. The van der Waals surface area contributed by atoms with Crippen molar-refractivity contribution in [2.75, 3.05) is 5.34 Å². The summed E-state index contributed by atoms with van der Waals surface area (Å²) in [6, 6.07) is 109. The SMILES string of the molecule is ClCCl.Cn1cccc1P=S.Cn1cccc1P=S.Cn1cccc1P=S.[Pd].[Pd].[Pd].[Pd].c1ccc(P(c2ccccc2)c2ccccc2)cc1.c1ccc(P(c2ccccc2)c2ccccc2)cc1.c1ccc(P(c2ccccc2)c2ccccc2)cc1. The number of hydrogen-bond donors (Lipinski definition) is 0. The molecule has 12 rings (SSSR count). The molecule has 3 heterocycles. The van der Waals surface area contributed by atoms with Crippen LogP contribution in [0.15, 0.2) is 328 Å². The minimum Gasteiger partial charge on any atom is -0.347 e. The summed E-state index contributed by atoms with van der Waals surface area (Å²) in [7, 11) is 7.42. The van der Waals surface area contributed by atoms with E-state index in [2.05, 4.69) is 273 Å². The molecule has 0 unspecified atom stereocenters. The third-order valence-corrected chi connectivity index (χ3v) is 23.1. The topological polar surface area (TPSA) is 14.8 Å². The predicted molar refractivity (Wildman–Crippen MR) is 390 cm³/mol. The number of aromatic nitrogens is 3. The first-order valence-electron chi connectivity index (χ1n) is 26.6. The van der Waals surface area contributed by atoms with Gasteiger partial charge in [-0.1, -0.05) is 308 Å². The number of benzene rings is 9. The molecule has 0 amide bonds. The van der Waals surface area contributed by atoms with Gasteiger partial charge in [-0.05, 0) is 108 Å². The van der Waals surface area contributed by atoms with Crippen molar-refractivity contribution >= 4 is 169 Å². The molecule has 88 heavy (non-hydrogen) atoms. The van der Waals surface area contributed by atoms with Gasteiger partial charge in [0.15, 0.2) is 0 Å². The fourth-order valence-electron chi connectivity index (χ4n) is 8.18.